The fraction of sp³-hybridized carbons (Fsp3) is 0.0909. The Labute approximate surface area is 176 Å². The highest BCUT2D eigenvalue weighted by atomic mass is 32.2. The fourth-order valence-corrected chi connectivity index (χ4v) is 4.56. The first-order valence-electron chi connectivity index (χ1n) is 9.00. The topological polar surface area (TPSA) is 46.9 Å². The van der Waals surface area contributed by atoms with Crippen molar-refractivity contribution in [2.75, 3.05) is 5.75 Å². The maximum Gasteiger partial charge on any atom is 0.231 e. The third-order valence-corrected chi connectivity index (χ3v) is 6.20. The van der Waals surface area contributed by atoms with Gasteiger partial charge in [-0.25, -0.2) is 9.37 Å². The zero-order valence-electron chi connectivity index (χ0n) is 15.4. The number of imidazole rings is 1. The van der Waals surface area contributed by atoms with Crippen molar-refractivity contribution in [1.29, 1.82) is 0 Å². The second kappa shape index (κ2) is 9.07. The molecule has 0 aliphatic carbocycles. The predicted octanol–water partition coefficient (Wildman–Crippen LogP) is 5.07. The molecule has 0 aliphatic heterocycles. The van der Waals surface area contributed by atoms with E-state index in [1.807, 2.05) is 47.8 Å². The number of hydrogen-bond acceptors (Lipinski definition) is 4. The predicted molar refractivity (Wildman–Crippen MR) is 115 cm³/mol. The second-order valence-electron chi connectivity index (χ2n) is 6.27. The summed E-state index contributed by atoms with van der Waals surface area (Å²) in [4.78, 5) is 18.1. The van der Waals surface area contributed by atoms with Crippen LogP contribution in [0.5, 0.6) is 0 Å². The standard InChI is InChI=1S/C22H18FN3OS2/c23-17-8-4-9-18(14-17)26-12-11-24-22(26)29-15-20(27)25-21(19-10-5-13-28-19)16-6-2-1-3-7-16/h1-14,21H,15H2,(H,25,27)/t21-/m1/s1. The first-order valence-corrected chi connectivity index (χ1v) is 10.9. The van der Waals surface area contributed by atoms with Gasteiger partial charge in [0.2, 0.25) is 5.91 Å². The normalized spacial score (nSPS) is 11.9. The molecule has 2 heterocycles. The van der Waals surface area contributed by atoms with Crippen LogP contribution in [0.25, 0.3) is 5.69 Å². The van der Waals surface area contributed by atoms with Crippen LogP contribution in [-0.4, -0.2) is 21.2 Å². The zero-order chi connectivity index (χ0) is 20.1. The largest absolute Gasteiger partial charge is 0.344 e. The maximum absolute atomic E-state index is 13.5. The van der Waals surface area contributed by atoms with E-state index >= 15 is 0 Å². The van der Waals surface area contributed by atoms with Crippen molar-refractivity contribution in [3.05, 3.63) is 101 Å². The second-order valence-corrected chi connectivity index (χ2v) is 8.20. The molecule has 0 saturated heterocycles. The van der Waals surface area contributed by atoms with Gasteiger partial charge in [-0.3, -0.25) is 9.36 Å². The van der Waals surface area contributed by atoms with Gasteiger partial charge in [-0.05, 0) is 35.2 Å². The Bertz CT molecular complexity index is 1080. The smallest absolute Gasteiger partial charge is 0.231 e. The SMILES string of the molecule is O=C(CSc1nccn1-c1cccc(F)c1)N[C@H](c1ccccc1)c1cccs1. The van der Waals surface area contributed by atoms with Crippen LogP contribution in [0.15, 0.2) is 89.7 Å². The molecule has 1 N–H and O–H groups in total. The summed E-state index contributed by atoms with van der Waals surface area (Å²) in [5, 5.41) is 5.76. The number of benzene rings is 2. The van der Waals surface area contributed by atoms with Crippen molar-refractivity contribution < 1.29 is 9.18 Å². The molecule has 2 aromatic carbocycles. The third-order valence-electron chi connectivity index (χ3n) is 4.29. The van der Waals surface area contributed by atoms with Gasteiger partial charge in [0.15, 0.2) is 5.16 Å². The van der Waals surface area contributed by atoms with Crippen molar-refractivity contribution in [3.63, 3.8) is 0 Å². The Morgan fingerprint density at radius 3 is 2.76 bits per heavy atom. The molecule has 4 rings (SSSR count). The molecule has 0 aliphatic rings. The number of hydrogen-bond donors (Lipinski definition) is 1. The number of nitrogens with zero attached hydrogens (tertiary/aromatic N) is 2. The van der Waals surface area contributed by atoms with Gasteiger partial charge in [0, 0.05) is 17.3 Å². The molecule has 2 aromatic heterocycles. The van der Waals surface area contributed by atoms with Gasteiger partial charge in [0.05, 0.1) is 17.5 Å². The molecule has 146 valence electrons. The molecule has 0 bridgehead atoms. The molecular weight excluding hydrogens is 405 g/mol. The van der Waals surface area contributed by atoms with E-state index in [4.69, 9.17) is 0 Å². The molecule has 0 unspecified atom stereocenters. The molecular formula is C22H18FN3OS2. The number of carbonyl (C=O) groups is 1. The summed E-state index contributed by atoms with van der Waals surface area (Å²) in [6, 6.07) is 20.0. The molecule has 4 aromatic rings. The fourth-order valence-electron chi connectivity index (χ4n) is 2.97. The number of rotatable bonds is 7. The Morgan fingerprint density at radius 2 is 2.00 bits per heavy atom. The monoisotopic (exact) mass is 423 g/mol. The summed E-state index contributed by atoms with van der Waals surface area (Å²) in [7, 11) is 0. The van der Waals surface area contributed by atoms with Crippen molar-refractivity contribution >= 4 is 29.0 Å². The molecule has 0 radical (unpaired) electrons. The molecule has 0 fully saturated rings. The molecule has 0 spiro atoms. The van der Waals surface area contributed by atoms with Crippen LogP contribution < -0.4 is 5.32 Å². The highest BCUT2D eigenvalue weighted by Crippen LogP contribution is 2.27. The van der Waals surface area contributed by atoms with E-state index in [1.165, 1.54) is 23.9 Å². The highest BCUT2D eigenvalue weighted by Gasteiger charge is 2.18. The highest BCUT2D eigenvalue weighted by molar-refractivity contribution is 7.99. The van der Waals surface area contributed by atoms with E-state index < -0.39 is 0 Å². The van der Waals surface area contributed by atoms with Gasteiger partial charge in [-0.15, -0.1) is 11.3 Å². The number of halogens is 1. The van der Waals surface area contributed by atoms with Gasteiger partial charge in [0.1, 0.15) is 5.82 Å². The maximum atomic E-state index is 13.5. The third kappa shape index (κ3) is 4.75. The van der Waals surface area contributed by atoms with Gasteiger partial charge >= 0.3 is 0 Å². The first-order chi connectivity index (χ1) is 14.2. The first kappa shape index (κ1) is 19.4. The lowest BCUT2D eigenvalue weighted by Crippen LogP contribution is -2.30. The van der Waals surface area contributed by atoms with Gasteiger partial charge in [0.25, 0.3) is 0 Å². The molecule has 1 atom stereocenters. The minimum atomic E-state index is -0.313. The Morgan fingerprint density at radius 1 is 1.14 bits per heavy atom. The average Bonchev–Trinajstić information content (AvgIpc) is 3.43. The van der Waals surface area contributed by atoms with Crippen LogP contribution in [0.2, 0.25) is 0 Å². The van der Waals surface area contributed by atoms with Crippen LogP contribution in [0.4, 0.5) is 4.39 Å². The molecule has 29 heavy (non-hydrogen) atoms. The number of thiophene rings is 1. The minimum absolute atomic E-state index is 0.0916. The van der Waals surface area contributed by atoms with E-state index in [9.17, 15) is 9.18 Å². The number of thioether (sulfide) groups is 1. The summed E-state index contributed by atoms with van der Waals surface area (Å²) >= 11 is 2.93. The van der Waals surface area contributed by atoms with Crippen LogP contribution in [0, 0.1) is 5.82 Å². The number of carbonyl (C=O) groups excluding carboxylic acids is 1. The van der Waals surface area contributed by atoms with Crippen LogP contribution in [-0.2, 0) is 4.79 Å². The van der Waals surface area contributed by atoms with Crippen LogP contribution in [0.1, 0.15) is 16.5 Å². The van der Waals surface area contributed by atoms with Gasteiger partial charge in [-0.2, -0.15) is 0 Å². The molecule has 1 amide bonds. The summed E-state index contributed by atoms with van der Waals surface area (Å²) in [6.45, 7) is 0. The van der Waals surface area contributed by atoms with Crippen LogP contribution in [0.3, 0.4) is 0 Å². The summed E-state index contributed by atoms with van der Waals surface area (Å²) in [5.41, 5.74) is 1.71. The van der Waals surface area contributed by atoms with Crippen molar-refractivity contribution in [3.8, 4) is 5.69 Å². The molecule has 4 nitrogen and oxygen atoms in total. The summed E-state index contributed by atoms with van der Waals surface area (Å²) < 4.78 is 15.3. The quantitative estimate of drug-likeness (QED) is 0.422. The van der Waals surface area contributed by atoms with Crippen molar-refractivity contribution in [2.45, 2.75) is 11.2 Å². The average molecular weight is 424 g/mol. The lowest BCUT2D eigenvalue weighted by atomic mass is 10.1. The Balaban J connectivity index is 1.46. The lowest BCUT2D eigenvalue weighted by molar-refractivity contribution is -0.119. The van der Waals surface area contributed by atoms with E-state index in [-0.39, 0.29) is 23.5 Å². The zero-order valence-corrected chi connectivity index (χ0v) is 17.0. The molecule has 7 heteroatoms. The van der Waals surface area contributed by atoms with E-state index in [1.54, 1.807) is 40.4 Å². The number of aromatic nitrogens is 2. The van der Waals surface area contributed by atoms with Crippen molar-refractivity contribution in [1.82, 2.24) is 14.9 Å². The van der Waals surface area contributed by atoms with E-state index in [0.717, 1.165) is 10.4 Å². The van der Waals surface area contributed by atoms with Crippen molar-refractivity contribution in [2.24, 2.45) is 0 Å². The number of amides is 1. The van der Waals surface area contributed by atoms with E-state index in [2.05, 4.69) is 10.3 Å². The van der Waals surface area contributed by atoms with Gasteiger partial charge < -0.3 is 5.32 Å². The lowest BCUT2D eigenvalue weighted by Gasteiger charge is -2.18. The van der Waals surface area contributed by atoms with Gasteiger partial charge in [-0.1, -0.05) is 54.2 Å². The summed E-state index contributed by atoms with van der Waals surface area (Å²) in [5.74, 6) is -0.196. The van der Waals surface area contributed by atoms with Crippen LogP contribution >= 0.6 is 23.1 Å². The summed E-state index contributed by atoms with van der Waals surface area (Å²) in [6.07, 6.45) is 3.40. The van der Waals surface area contributed by atoms with E-state index in [0.29, 0.717) is 10.8 Å². The number of nitrogens with one attached hydrogen (secondary N) is 1. The minimum Gasteiger partial charge on any atom is -0.344 e. The molecule has 0 saturated carbocycles. The Kier molecular flexibility index (Phi) is 6.07. The Hall–Kier alpha value is -2.90.